The molecule has 0 saturated heterocycles. The highest BCUT2D eigenvalue weighted by Gasteiger charge is 2.68. The molecule has 6 heteroatoms. The van der Waals surface area contributed by atoms with E-state index in [1.54, 1.807) is 0 Å². The predicted molar refractivity (Wildman–Crippen MR) is 46.5 cm³/mol. The summed E-state index contributed by atoms with van der Waals surface area (Å²) in [6, 6.07) is 0.891. The highest BCUT2D eigenvalue weighted by atomic mass is 19.3. The Labute approximate surface area is 88.1 Å². The molecular weight excluding hydrogens is 229 g/mol. The molecule has 0 heterocycles. The first-order valence-corrected chi connectivity index (χ1v) is 4.55. The third-order valence-corrected chi connectivity index (χ3v) is 2.74. The lowest BCUT2D eigenvalue weighted by molar-refractivity contribution is 0.0892. The van der Waals surface area contributed by atoms with Gasteiger partial charge in [-0.05, 0) is 18.1 Å². The summed E-state index contributed by atoms with van der Waals surface area (Å²) in [6.07, 6.45) is -1.08. The molecule has 1 saturated carbocycles. The highest BCUT2D eigenvalue weighted by Crippen LogP contribution is 2.52. The molecule has 0 spiro atoms. The van der Waals surface area contributed by atoms with Crippen LogP contribution in [-0.4, -0.2) is 11.5 Å². The van der Waals surface area contributed by atoms with E-state index < -0.39 is 41.8 Å². The average Bonchev–Trinajstić information content (AvgIpc) is 2.61. The number of nitrogens with two attached hydrogens (primary N) is 1. The molecule has 2 N–H and O–H groups in total. The molecule has 0 aliphatic heterocycles. The maximum atomic E-state index is 13.1. The first-order chi connectivity index (χ1) is 7.25. The summed E-state index contributed by atoms with van der Waals surface area (Å²) in [5.41, 5.74) is 3.11. The summed E-state index contributed by atoms with van der Waals surface area (Å²) in [5.74, 6) is -6.75. The molecule has 1 aromatic rings. The minimum atomic E-state index is -3.07. The van der Waals surface area contributed by atoms with Crippen LogP contribution in [0, 0.1) is 17.5 Å². The van der Waals surface area contributed by atoms with Crippen LogP contribution in [0.2, 0.25) is 0 Å². The Hall–Kier alpha value is -1.17. The van der Waals surface area contributed by atoms with Gasteiger partial charge >= 0.3 is 0 Å². The van der Waals surface area contributed by atoms with Crippen LogP contribution in [0.3, 0.4) is 0 Å². The van der Waals surface area contributed by atoms with E-state index in [0.717, 1.165) is 0 Å². The smallest absolute Gasteiger partial charge is 0.268 e. The minimum absolute atomic E-state index is 0.328. The average molecular weight is 237 g/mol. The van der Waals surface area contributed by atoms with Crippen LogP contribution < -0.4 is 5.73 Å². The van der Waals surface area contributed by atoms with Crippen LogP contribution in [0.4, 0.5) is 22.0 Å². The molecule has 0 amide bonds. The summed E-state index contributed by atoms with van der Waals surface area (Å²) in [6.45, 7) is 0. The molecule has 1 aliphatic carbocycles. The van der Waals surface area contributed by atoms with Crippen molar-refractivity contribution in [3.63, 3.8) is 0 Å². The first kappa shape index (κ1) is 11.3. The van der Waals surface area contributed by atoms with Gasteiger partial charge in [0.15, 0.2) is 11.6 Å². The topological polar surface area (TPSA) is 26.0 Å². The third kappa shape index (κ3) is 1.67. The number of alkyl halides is 2. The highest BCUT2D eigenvalue weighted by molar-refractivity contribution is 5.28. The number of halogens is 5. The second kappa shape index (κ2) is 3.16. The maximum Gasteiger partial charge on any atom is 0.268 e. The zero-order chi connectivity index (χ0) is 12.1. The van der Waals surface area contributed by atoms with Crippen molar-refractivity contribution < 1.29 is 22.0 Å². The Morgan fingerprint density at radius 1 is 1.06 bits per heavy atom. The molecule has 0 radical (unpaired) electrons. The fourth-order valence-corrected chi connectivity index (χ4v) is 1.58. The van der Waals surface area contributed by atoms with Gasteiger partial charge in [0.05, 0.1) is 5.54 Å². The van der Waals surface area contributed by atoms with E-state index in [-0.39, 0.29) is 5.56 Å². The van der Waals surface area contributed by atoms with Crippen molar-refractivity contribution in [2.75, 3.05) is 0 Å². The van der Waals surface area contributed by atoms with Crippen molar-refractivity contribution in [3.8, 4) is 0 Å². The fourth-order valence-electron chi connectivity index (χ4n) is 1.58. The molecule has 1 aliphatic rings. The van der Waals surface area contributed by atoms with E-state index in [1.165, 1.54) is 0 Å². The van der Waals surface area contributed by atoms with Crippen LogP contribution in [0.15, 0.2) is 12.1 Å². The second-order valence-electron chi connectivity index (χ2n) is 4.07. The Bertz CT molecular complexity index is 445. The van der Waals surface area contributed by atoms with E-state index in [9.17, 15) is 22.0 Å². The lowest BCUT2D eigenvalue weighted by Crippen LogP contribution is -2.32. The van der Waals surface area contributed by atoms with E-state index in [4.69, 9.17) is 5.73 Å². The van der Waals surface area contributed by atoms with Crippen LogP contribution in [0.1, 0.15) is 12.0 Å². The van der Waals surface area contributed by atoms with E-state index in [1.807, 2.05) is 0 Å². The monoisotopic (exact) mass is 237 g/mol. The van der Waals surface area contributed by atoms with Crippen molar-refractivity contribution >= 4 is 0 Å². The van der Waals surface area contributed by atoms with E-state index in [0.29, 0.717) is 12.1 Å². The molecule has 0 aromatic heterocycles. The van der Waals surface area contributed by atoms with Gasteiger partial charge in [0.2, 0.25) is 0 Å². The van der Waals surface area contributed by atoms with Gasteiger partial charge in [0.25, 0.3) is 5.92 Å². The molecular formula is C10H8F5N. The molecule has 1 fully saturated rings. The van der Waals surface area contributed by atoms with Gasteiger partial charge in [-0.2, -0.15) is 0 Å². The molecule has 1 atom stereocenters. The summed E-state index contributed by atoms with van der Waals surface area (Å²) in [7, 11) is 0. The minimum Gasteiger partial charge on any atom is -0.320 e. The Balaban J connectivity index is 2.27. The Kier molecular flexibility index (Phi) is 2.24. The van der Waals surface area contributed by atoms with Gasteiger partial charge in [-0.15, -0.1) is 0 Å². The fraction of sp³-hybridized carbons (Fsp3) is 0.400. The molecule has 88 valence electrons. The summed E-state index contributed by atoms with van der Waals surface area (Å²) in [5, 5.41) is 0. The van der Waals surface area contributed by atoms with Crippen LogP contribution in [-0.2, 0) is 6.42 Å². The molecule has 1 unspecified atom stereocenters. The van der Waals surface area contributed by atoms with Gasteiger partial charge in [-0.1, -0.05) is 0 Å². The van der Waals surface area contributed by atoms with Gasteiger partial charge < -0.3 is 5.73 Å². The van der Waals surface area contributed by atoms with Crippen LogP contribution >= 0.6 is 0 Å². The number of hydrogen-bond donors (Lipinski definition) is 1. The predicted octanol–water partition coefficient (Wildman–Crippen LogP) is 2.38. The first-order valence-electron chi connectivity index (χ1n) is 4.55. The zero-order valence-electron chi connectivity index (χ0n) is 8.04. The third-order valence-electron chi connectivity index (χ3n) is 2.74. The standard InChI is InChI=1S/C10H8F5N/c11-6-2-8(13)7(12)1-5(6)3-9(16)4-10(9,14)15/h1-2H,3-4,16H2. The number of rotatable bonds is 2. The Morgan fingerprint density at radius 2 is 1.56 bits per heavy atom. The van der Waals surface area contributed by atoms with Gasteiger partial charge in [0, 0.05) is 12.5 Å². The molecule has 2 rings (SSSR count). The quantitative estimate of drug-likeness (QED) is 0.620. The normalized spacial score (nSPS) is 26.9. The van der Waals surface area contributed by atoms with Crippen LogP contribution in [0.25, 0.3) is 0 Å². The van der Waals surface area contributed by atoms with Crippen molar-refractivity contribution in [2.24, 2.45) is 5.73 Å². The van der Waals surface area contributed by atoms with Crippen molar-refractivity contribution in [2.45, 2.75) is 24.3 Å². The summed E-state index contributed by atoms with van der Waals surface area (Å²) in [4.78, 5) is 0. The van der Waals surface area contributed by atoms with Gasteiger partial charge in [-0.25, -0.2) is 22.0 Å². The molecule has 1 nitrogen and oxygen atoms in total. The van der Waals surface area contributed by atoms with Crippen molar-refractivity contribution in [3.05, 3.63) is 35.1 Å². The lowest BCUT2D eigenvalue weighted by atomic mass is 10.0. The van der Waals surface area contributed by atoms with E-state index in [2.05, 4.69) is 0 Å². The molecule has 16 heavy (non-hydrogen) atoms. The maximum absolute atomic E-state index is 13.1. The van der Waals surface area contributed by atoms with Crippen LogP contribution in [0.5, 0.6) is 0 Å². The molecule has 0 bridgehead atoms. The second-order valence-corrected chi connectivity index (χ2v) is 4.07. The SMILES string of the molecule is NC1(Cc2cc(F)c(F)cc2F)CC1(F)F. The van der Waals surface area contributed by atoms with Crippen molar-refractivity contribution in [1.29, 1.82) is 0 Å². The Morgan fingerprint density at radius 3 is 2.06 bits per heavy atom. The lowest BCUT2D eigenvalue weighted by Gasteiger charge is -2.11. The van der Waals surface area contributed by atoms with Gasteiger partial charge in [0.1, 0.15) is 5.82 Å². The summed E-state index contributed by atoms with van der Waals surface area (Å²) < 4.78 is 64.0. The molecule has 1 aromatic carbocycles. The zero-order valence-corrected chi connectivity index (χ0v) is 8.04. The number of benzene rings is 1. The number of hydrogen-bond acceptors (Lipinski definition) is 1. The van der Waals surface area contributed by atoms with E-state index >= 15 is 0 Å². The van der Waals surface area contributed by atoms with Gasteiger partial charge in [-0.3, -0.25) is 0 Å². The van der Waals surface area contributed by atoms with Crippen molar-refractivity contribution in [1.82, 2.24) is 0 Å². The largest absolute Gasteiger partial charge is 0.320 e. The summed E-state index contributed by atoms with van der Waals surface area (Å²) >= 11 is 0.